The summed E-state index contributed by atoms with van der Waals surface area (Å²) in [5.74, 6) is 1.76. The Hall–Kier alpha value is -2.41. The van der Waals surface area contributed by atoms with Crippen LogP contribution in [0.2, 0.25) is 0 Å². The minimum absolute atomic E-state index is 0.105. The molecule has 0 unspecified atom stereocenters. The van der Waals surface area contributed by atoms with Gasteiger partial charge in [-0.15, -0.1) is 11.8 Å². The molecule has 1 heterocycles. The molecule has 7 heteroatoms. The number of esters is 1. The van der Waals surface area contributed by atoms with Gasteiger partial charge in [-0.05, 0) is 50.2 Å². The number of carbonyl (C=O) groups excluding carboxylic acids is 2. The fraction of sp³-hybridized carbons (Fsp3) is 0.333. The highest BCUT2D eigenvalue weighted by Gasteiger charge is 2.12. The van der Waals surface area contributed by atoms with Crippen molar-refractivity contribution >= 4 is 29.3 Å². The smallest absolute Gasteiger partial charge is 0.374 e. The second-order valence-electron chi connectivity index (χ2n) is 4.98. The van der Waals surface area contributed by atoms with Gasteiger partial charge >= 0.3 is 5.97 Å². The predicted octanol–water partition coefficient (Wildman–Crippen LogP) is 3.73. The van der Waals surface area contributed by atoms with Gasteiger partial charge in [0.15, 0.2) is 0 Å². The van der Waals surface area contributed by atoms with Crippen LogP contribution >= 0.6 is 11.8 Å². The Kier molecular flexibility index (Phi) is 7.40. The fourth-order valence-electron chi connectivity index (χ4n) is 2.01. The van der Waals surface area contributed by atoms with E-state index in [2.05, 4.69) is 5.32 Å². The fourth-order valence-corrected chi connectivity index (χ4v) is 2.73. The van der Waals surface area contributed by atoms with Crippen LogP contribution in [0.1, 0.15) is 30.2 Å². The van der Waals surface area contributed by atoms with Gasteiger partial charge in [0.2, 0.25) is 11.7 Å². The van der Waals surface area contributed by atoms with Crippen LogP contribution in [0.3, 0.4) is 0 Å². The molecule has 0 bridgehead atoms. The molecule has 0 aliphatic heterocycles. The third kappa shape index (κ3) is 6.19. The van der Waals surface area contributed by atoms with E-state index in [1.54, 1.807) is 31.2 Å². The van der Waals surface area contributed by atoms with Crippen LogP contribution in [0.5, 0.6) is 5.75 Å². The molecule has 1 amide bonds. The molecular formula is C18H21NO5S. The zero-order valence-electron chi connectivity index (χ0n) is 14.2. The lowest BCUT2D eigenvalue weighted by Crippen LogP contribution is -2.14. The van der Waals surface area contributed by atoms with Crippen LogP contribution < -0.4 is 10.1 Å². The first-order chi connectivity index (χ1) is 12.1. The summed E-state index contributed by atoms with van der Waals surface area (Å²) >= 11 is 1.40. The first kappa shape index (κ1) is 18.9. The number of benzene rings is 1. The second kappa shape index (κ2) is 9.78. The molecule has 0 saturated carbocycles. The monoisotopic (exact) mass is 363 g/mol. The summed E-state index contributed by atoms with van der Waals surface area (Å²) in [5, 5.41) is 2.82. The van der Waals surface area contributed by atoms with Gasteiger partial charge in [-0.1, -0.05) is 0 Å². The molecule has 0 atom stereocenters. The van der Waals surface area contributed by atoms with Crippen molar-refractivity contribution in [1.82, 2.24) is 0 Å². The number of rotatable bonds is 9. The number of anilines is 1. The van der Waals surface area contributed by atoms with E-state index in [0.717, 1.165) is 11.4 Å². The Balaban J connectivity index is 1.74. The standard InChI is InChI=1S/C18H21NO5S/c1-3-22-14-7-5-13(6-8-14)19-17(20)12-25-11-15-9-10-16(24-15)18(21)23-4-2/h5-10H,3-4,11-12H2,1-2H3,(H,19,20). The summed E-state index contributed by atoms with van der Waals surface area (Å²) in [7, 11) is 0. The number of thioether (sulfide) groups is 1. The largest absolute Gasteiger partial charge is 0.494 e. The lowest BCUT2D eigenvalue weighted by Gasteiger charge is -2.06. The Bertz CT molecular complexity index is 696. The molecule has 1 N–H and O–H groups in total. The van der Waals surface area contributed by atoms with Crippen molar-refractivity contribution in [2.45, 2.75) is 19.6 Å². The molecule has 0 aliphatic carbocycles. The van der Waals surface area contributed by atoms with E-state index in [0.29, 0.717) is 24.7 Å². The summed E-state index contributed by atoms with van der Waals surface area (Å²) in [6, 6.07) is 10.5. The molecule has 1 aromatic carbocycles. The molecule has 2 rings (SSSR count). The molecule has 25 heavy (non-hydrogen) atoms. The predicted molar refractivity (Wildman–Crippen MR) is 97.1 cm³/mol. The van der Waals surface area contributed by atoms with Gasteiger partial charge < -0.3 is 19.2 Å². The molecule has 0 saturated heterocycles. The van der Waals surface area contributed by atoms with Crippen molar-refractivity contribution in [2.75, 3.05) is 24.3 Å². The Morgan fingerprint density at radius 1 is 1.08 bits per heavy atom. The van der Waals surface area contributed by atoms with E-state index in [-0.39, 0.29) is 17.4 Å². The summed E-state index contributed by atoms with van der Waals surface area (Å²) in [5.41, 5.74) is 0.719. The topological polar surface area (TPSA) is 77.8 Å². The average molecular weight is 363 g/mol. The highest BCUT2D eigenvalue weighted by atomic mass is 32.2. The number of furan rings is 1. The van der Waals surface area contributed by atoms with E-state index in [4.69, 9.17) is 13.9 Å². The van der Waals surface area contributed by atoms with Crippen molar-refractivity contribution in [3.05, 3.63) is 47.9 Å². The van der Waals surface area contributed by atoms with Crippen LogP contribution in [-0.2, 0) is 15.3 Å². The third-order valence-electron chi connectivity index (χ3n) is 3.06. The van der Waals surface area contributed by atoms with Crippen LogP contribution in [0.15, 0.2) is 40.8 Å². The number of ether oxygens (including phenoxy) is 2. The van der Waals surface area contributed by atoms with Crippen molar-refractivity contribution < 1.29 is 23.5 Å². The van der Waals surface area contributed by atoms with Gasteiger partial charge in [-0.3, -0.25) is 4.79 Å². The molecule has 0 aliphatic rings. The van der Waals surface area contributed by atoms with E-state index >= 15 is 0 Å². The van der Waals surface area contributed by atoms with Crippen molar-refractivity contribution in [3.63, 3.8) is 0 Å². The number of carbonyl (C=O) groups is 2. The maximum Gasteiger partial charge on any atom is 0.374 e. The summed E-state index contributed by atoms with van der Waals surface area (Å²) in [6.45, 7) is 4.56. The Morgan fingerprint density at radius 3 is 2.52 bits per heavy atom. The van der Waals surface area contributed by atoms with Crippen LogP contribution in [0.25, 0.3) is 0 Å². The Morgan fingerprint density at radius 2 is 1.84 bits per heavy atom. The zero-order chi connectivity index (χ0) is 18.1. The first-order valence-electron chi connectivity index (χ1n) is 7.98. The average Bonchev–Trinajstić information content (AvgIpc) is 3.06. The van der Waals surface area contributed by atoms with Crippen LogP contribution in [0.4, 0.5) is 5.69 Å². The number of hydrogen-bond acceptors (Lipinski definition) is 6. The van der Waals surface area contributed by atoms with E-state index in [1.165, 1.54) is 11.8 Å². The maximum absolute atomic E-state index is 11.9. The highest BCUT2D eigenvalue weighted by molar-refractivity contribution is 7.99. The van der Waals surface area contributed by atoms with Crippen molar-refractivity contribution in [2.24, 2.45) is 0 Å². The summed E-state index contributed by atoms with van der Waals surface area (Å²) < 4.78 is 15.6. The van der Waals surface area contributed by atoms with Gasteiger partial charge in [0.1, 0.15) is 11.5 Å². The van der Waals surface area contributed by atoms with Gasteiger partial charge in [0, 0.05) is 5.69 Å². The molecule has 1 aromatic heterocycles. The molecule has 0 fully saturated rings. The SMILES string of the molecule is CCOC(=O)c1ccc(CSCC(=O)Nc2ccc(OCC)cc2)o1. The van der Waals surface area contributed by atoms with Crippen molar-refractivity contribution in [1.29, 1.82) is 0 Å². The van der Waals surface area contributed by atoms with Gasteiger partial charge in [-0.25, -0.2) is 4.79 Å². The van der Waals surface area contributed by atoms with Crippen LogP contribution in [0, 0.1) is 0 Å². The van der Waals surface area contributed by atoms with E-state index in [9.17, 15) is 9.59 Å². The molecule has 2 aromatic rings. The van der Waals surface area contributed by atoms with Crippen LogP contribution in [-0.4, -0.2) is 30.8 Å². The number of nitrogens with one attached hydrogen (secondary N) is 1. The molecule has 6 nitrogen and oxygen atoms in total. The number of amides is 1. The normalized spacial score (nSPS) is 10.3. The first-order valence-corrected chi connectivity index (χ1v) is 9.14. The van der Waals surface area contributed by atoms with Gasteiger partial charge in [-0.2, -0.15) is 0 Å². The summed E-state index contributed by atoms with van der Waals surface area (Å²) in [4.78, 5) is 23.5. The highest BCUT2D eigenvalue weighted by Crippen LogP contribution is 2.18. The molecule has 134 valence electrons. The minimum atomic E-state index is -0.480. The van der Waals surface area contributed by atoms with Gasteiger partial charge in [0.25, 0.3) is 0 Å². The van der Waals surface area contributed by atoms with E-state index < -0.39 is 5.97 Å². The lowest BCUT2D eigenvalue weighted by atomic mass is 10.3. The zero-order valence-corrected chi connectivity index (χ0v) is 15.1. The molecule has 0 radical (unpaired) electrons. The number of hydrogen-bond donors (Lipinski definition) is 1. The quantitative estimate of drug-likeness (QED) is 0.684. The maximum atomic E-state index is 11.9. The second-order valence-corrected chi connectivity index (χ2v) is 5.97. The lowest BCUT2D eigenvalue weighted by molar-refractivity contribution is -0.113. The van der Waals surface area contributed by atoms with Crippen molar-refractivity contribution in [3.8, 4) is 5.75 Å². The minimum Gasteiger partial charge on any atom is -0.494 e. The summed E-state index contributed by atoms with van der Waals surface area (Å²) in [6.07, 6.45) is 0. The van der Waals surface area contributed by atoms with E-state index in [1.807, 2.05) is 19.1 Å². The third-order valence-corrected chi connectivity index (χ3v) is 4.02. The Labute approximate surface area is 150 Å². The van der Waals surface area contributed by atoms with Gasteiger partial charge in [0.05, 0.1) is 24.7 Å². The molecule has 0 spiro atoms. The molecular weight excluding hydrogens is 342 g/mol.